The average molecular weight is 226 g/mol. The van der Waals surface area contributed by atoms with Gasteiger partial charge in [0.25, 0.3) is 0 Å². The van der Waals surface area contributed by atoms with Crippen LogP contribution >= 0.6 is 0 Å². The standard InChI is InChI=1S/C9H12O2.C3H8.C2H6/c1-2-7-11-9-5-3-8(10)4-6-9;1-3-2;1-2/h3-6,10H,2,7H2,1H3;3H2,1-2H3;1-2H3. The monoisotopic (exact) mass is 226 g/mol. The topological polar surface area (TPSA) is 29.5 Å². The normalized spacial score (nSPS) is 8.06. The van der Waals surface area contributed by atoms with E-state index >= 15 is 0 Å². The summed E-state index contributed by atoms with van der Waals surface area (Å²) in [5.74, 6) is 1.08. The smallest absolute Gasteiger partial charge is 0.119 e. The molecule has 0 saturated heterocycles. The summed E-state index contributed by atoms with van der Waals surface area (Å²) in [5.41, 5.74) is 0. The highest BCUT2D eigenvalue weighted by atomic mass is 16.5. The molecule has 1 aromatic rings. The van der Waals surface area contributed by atoms with Gasteiger partial charge in [-0.05, 0) is 30.7 Å². The molecule has 0 bridgehead atoms. The zero-order chi connectivity index (χ0) is 12.8. The van der Waals surface area contributed by atoms with Crippen LogP contribution < -0.4 is 4.74 Å². The lowest BCUT2D eigenvalue weighted by atomic mass is 10.3. The van der Waals surface area contributed by atoms with Crippen LogP contribution in [0.4, 0.5) is 0 Å². The number of hydrogen-bond donors (Lipinski definition) is 1. The highest BCUT2D eigenvalue weighted by Crippen LogP contribution is 2.15. The van der Waals surface area contributed by atoms with Crippen LogP contribution in [0.2, 0.25) is 0 Å². The zero-order valence-corrected chi connectivity index (χ0v) is 11.3. The van der Waals surface area contributed by atoms with E-state index in [1.54, 1.807) is 24.3 Å². The second-order valence-electron chi connectivity index (χ2n) is 3.05. The van der Waals surface area contributed by atoms with E-state index < -0.39 is 0 Å². The molecular weight excluding hydrogens is 200 g/mol. The highest BCUT2D eigenvalue weighted by Gasteiger charge is 1.91. The van der Waals surface area contributed by atoms with Crippen molar-refractivity contribution >= 4 is 0 Å². The number of phenols is 1. The summed E-state index contributed by atoms with van der Waals surface area (Å²) in [4.78, 5) is 0. The number of ether oxygens (including phenoxy) is 1. The van der Waals surface area contributed by atoms with Gasteiger partial charge in [0.2, 0.25) is 0 Å². The first-order valence-corrected chi connectivity index (χ1v) is 6.16. The van der Waals surface area contributed by atoms with Gasteiger partial charge >= 0.3 is 0 Å². The molecule has 2 heteroatoms. The average Bonchev–Trinajstić information content (AvgIpc) is 2.32. The van der Waals surface area contributed by atoms with Crippen LogP contribution in [0.5, 0.6) is 11.5 Å². The van der Waals surface area contributed by atoms with Crippen molar-refractivity contribution in [1.82, 2.24) is 0 Å². The SMILES string of the molecule is CC.CCC.CCCOc1ccc(O)cc1. The second-order valence-corrected chi connectivity index (χ2v) is 3.05. The first-order chi connectivity index (χ1) is 7.74. The molecule has 0 fully saturated rings. The Kier molecular flexibility index (Phi) is 14.9. The van der Waals surface area contributed by atoms with Crippen LogP contribution in [0.25, 0.3) is 0 Å². The van der Waals surface area contributed by atoms with Gasteiger partial charge in [0.05, 0.1) is 6.61 Å². The predicted molar refractivity (Wildman–Crippen MR) is 71.2 cm³/mol. The molecule has 0 unspecified atom stereocenters. The predicted octanol–water partition coefficient (Wildman–Crippen LogP) is 4.62. The van der Waals surface area contributed by atoms with Gasteiger partial charge in [-0.1, -0.05) is 41.0 Å². The second kappa shape index (κ2) is 13.8. The highest BCUT2D eigenvalue weighted by molar-refractivity contribution is 5.29. The molecule has 2 nitrogen and oxygen atoms in total. The Morgan fingerprint density at radius 3 is 1.81 bits per heavy atom. The van der Waals surface area contributed by atoms with Crippen molar-refractivity contribution in [2.24, 2.45) is 0 Å². The maximum absolute atomic E-state index is 8.93. The Hall–Kier alpha value is -1.18. The molecule has 1 aromatic carbocycles. The molecule has 0 aliphatic carbocycles. The minimum Gasteiger partial charge on any atom is -0.508 e. The third-order valence-corrected chi connectivity index (χ3v) is 1.31. The van der Waals surface area contributed by atoms with E-state index in [-0.39, 0.29) is 5.75 Å². The Balaban J connectivity index is 0. The van der Waals surface area contributed by atoms with Crippen LogP contribution in [0.1, 0.15) is 47.5 Å². The van der Waals surface area contributed by atoms with E-state index in [0.717, 1.165) is 18.8 Å². The van der Waals surface area contributed by atoms with Crippen molar-refractivity contribution in [3.63, 3.8) is 0 Å². The summed E-state index contributed by atoms with van der Waals surface area (Å²) in [6.45, 7) is 11.0. The maximum atomic E-state index is 8.93. The molecule has 1 rings (SSSR count). The van der Waals surface area contributed by atoms with E-state index in [4.69, 9.17) is 9.84 Å². The van der Waals surface area contributed by atoms with Crippen molar-refractivity contribution in [2.75, 3.05) is 6.61 Å². The van der Waals surface area contributed by atoms with Crippen LogP contribution in [0, 0.1) is 0 Å². The maximum Gasteiger partial charge on any atom is 0.119 e. The van der Waals surface area contributed by atoms with Crippen molar-refractivity contribution in [2.45, 2.75) is 47.5 Å². The fourth-order valence-corrected chi connectivity index (χ4v) is 0.762. The van der Waals surface area contributed by atoms with Gasteiger partial charge in [-0.2, -0.15) is 0 Å². The molecular formula is C14H26O2. The van der Waals surface area contributed by atoms with Crippen LogP contribution in [0.15, 0.2) is 24.3 Å². The number of phenolic OH excluding ortho intramolecular Hbond substituents is 1. The third kappa shape index (κ3) is 10.9. The van der Waals surface area contributed by atoms with Crippen LogP contribution in [-0.4, -0.2) is 11.7 Å². The third-order valence-electron chi connectivity index (χ3n) is 1.31. The van der Waals surface area contributed by atoms with Gasteiger partial charge in [0, 0.05) is 0 Å². The zero-order valence-electron chi connectivity index (χ0n) is 11.3. The van der Waals surface area contributed by atoms with Crippen molar-refractivity contribution in [3.8, 4) is 11.5 Å². The Morgan fingerprint density at radius 1 is 1.00 bits per heavy atom. The molecule has 0 aliphatic heterocycles. The summed E-state index contributed by atoms with van der Waals surface area (Å²) >= 11 is 0. The van der Waals surface area contributed by atoms with E-state index in [2.05, 4.69) is 20.8 Å². The van der Waals surface area contributed by atoms with Gasteiger partial charge in [0.1, 0.15) is 11.5 Å². The molecule has 0 atom stereocenters. The first-order valence-electron chi connectivity index (χ1n) is 6.16. The molecule has 1 N–H and O–H groups in total. The van der Waals surface area contributed by atoms with Gasteiger partial charge in [-0.3, -0.25) is 0 Å². The first kappa shape index (κ1) is 17.2. The molecule has 0 aliphatic rings. The minimum atomic E-state index is 0.272. The largest absolute Gasteiger partial charge is 0.508 e. The van der Waals surface area contributed by atoms with Gasteiger partial charge < -0.3 is 9.84 Å². The molecule has 0 spiro atoms. The Morgan fingerprint density at radius 2 is 1.44 bits per heavy atom. The fraction of sp³-hybridized carbons (Fsp3) is 0.571. The molecule has 0 saturated carbocycles. The van der Waals surface area contributed by atoms with E-state index in [1.165, 1.54) is 6.42 Å². The Labute approximate surface area is 100 Å². The van der Waals surface area contributed by atoms with E-state index in [1.807, 2.05) is 13.8 Å². The van der Waals surface area contributed by atoms with Crippen LogP contribution in [0.3, 0.4) is 0 Å². The van der Waals surface area contributed by atoms with Gasteiger partial charge in [0.15, 0.2) is 0 Å². The lowest BCUT2D eigenvalue weighted by Gasteiger charge is -2.02. The molecule has 0 radical (unpaired) electrons. The number of benzene rings is 1. The number of rotatable bonds is 3. The van der Waals surface area contributed by atoms with Crippen molar-refractivity contribution in [1.29, 1.82) is 0 Å². The Bertz CT molecular complexity index is 217. The quantitative estimate of drug-likeness (QED) is 0.814. The summed E-state index contributed by atoms with van der Waals surface area (Å²) in [6, 6.07) is 6.74. The summed E-state index contributed by atoms with van der Waals surface area (Å²) < 4.78 is 5.30. The molecule has 16 heavy (non-hydrogen) atoms. The molecule has 0 aromatic heterocycles. The van der Waals surface area contributed by atoms with Crippen molar-refractivity contribution < 1.29 is 9.84 Å². The summed E-state index contributed by atoms with van der Waals surface area (Å²) in [6.07, 6.45) is 2.25. The fourth-order valence-electron chi connectivity index (χ4n) is 0.762. The summed E-state index contributed by atoms with van der Waals surface area (Å²) in [5, 5.41) is 8.93. The lowest BCUT2D eigenvalue weighted by Crippen LogP contribution is -1.93. The molecule has 0 amide bonds. The molecule has 0 heterocycles. The van der Waals surface area contributed by atoms with Crippen molar-refractivity contribution in [3.05, 3.63) is 24.3 Å². The van der Waals surface area contributed by atoms with Gasteiger partial charge in [-0.25, -0.2) is 0 Å². The van der Waals surface area contributed by atoms with Crippen LogP contribution in [-0.2, 0) is 0 Å². The molecule has 94 valence electrons. The van der Waals surface area contributed by atoms with E-state index in [0.29, 0.717) is 0 Å². The summed E-state index contributed by atoms with van der Waals surface area (Å²) in [7, 11) is 0. The van der Waals surface area contributed by atoms with Gasteiger partial charge in [-0.15, -0.1) is 0 Å². The lowest BCUT2D eigenvalue weighted by molar-refractivity contribution is 0.317. The number of hydrogen-bond acceptors (Lipinski definition) is 2. The van der Waals surface area contributed by atoms with E-state index in [9.17, 15) is 0 Å². The minimum absolute atomic E-state index is 0.272. The number of aromatic hydroxyl groups is 1.